The summed E-state index contributed by atoms with van der Waals surface area (Å²) < 4.78 is 0. The highest BCUT2D eigenvalue weighted by atomic mass is 32.1. The maximum Gasteiger partial charge on any atom is 0.225 e. The maximum absolute atomic E-state index is 11.5. The molecule has 0 spiro atoms. The second-order valence-electron chi connectivity index (χ2n) is 4.88. The number of nitrogens with one attached hydrogen (secondary N) is 1. The van der Waals surface area contributed by atoms with Crippen molar-refractivity contribution in [3.8, 4) is 11.3 Å². The van der Waals surface area contributed by atoms with E-state index in [-0.39, 0.29) is 5.91 Å². The smallest absolute Gasteiger partial charge is 0.225 e. The number of rotatable bonds is 4. The van der Waals surface area contributed by atoms with Gasteiger partial charge in [-0.15, -0.1) is 11.3 Å². The molecule has 0 radical (unpaired) electrons. The van der Waals surface area contributed by atoms with Crippen molar-refractivity contribution in [2.45, 2.75) is 33.1 Å². The van der Waals surface area contributed by atoms with Gasteiger partial charge in [0, 0.05) is 22.5 Å². The van der Waals surface area contributed by atoms with Gasteiger partial charge in [-0.1, -0.05) is 39.0 Å². The summed E-state index contributed by atoms with van der Waals surface area (Å²) in [5.41, 5.74) is 8.53. The molecule has 3 N–H and O–H groups in total. The predicted octanol–water partition coefficient (Wildman–Crippen LogP) is 3.86. The van der Waals surface area contributed by atoms with E-state index in [4.69, 9.17) is 5.73 Å². The first-order valence-corrected chi connectivity index (χ1v) is 7.50. The van der Waals surface area contributed by atoms with Crippen molar-refractivity contribution in [3.05, 3.63) is 29.1 Å². The number of nitrogen functional groups attached to an aromatic ring is 1. The summed E-state index contributed by atoms with van der Waals surface area (Å²) in [6.07, 6.45) is 0.444. The monoisotopic (exact) mass is 289 g/mol. The lowest BCUT2D eigenvalue weighted by Gasteiger charge is -2.07. The number of amides is 1. The molecule has 0 aliphatic heterocycles. The van der Waals surface area contributed by atoms with Gasteiger partial charge in [0.2, 0.25) is 5.91 Å². The molecule has 20 heavy (non-hydrogen) atoms. The SMILES string of the molecule is CCC(=O)Nc1nc(-c2ccccc2N)c(C(C)C)s1. The van der Waals surface area contributed by atoms with Crippen LogP contribution in [-0.2, 0) is 4.79 Å². The van der Waals surface area contributed by atoms with Crippen LogP contribution in [0.3, 0.4) is 0 Å². The topological polar surface area (TPSA) is 68.0 Å². The molecular formula is C15H19N3OS. The lowest BCUT2D eigenvalue weighted by molar-refractivity contribution is -0.115. The number of aromatic nitrogens is 1. The average Bonchev–Trinajstić information content (AvgIpc) is 2.83. The van der Waals surface area contributed by atoms with Gasteiger partial charge in [0.25, 0.3) is 0 Å². The van der Waals surface area contributed by atoms with Crippen LogP contribution in [0.2, 0.25) is 0 Å². The molecule has 0 aliphatic carbocycles. The Balaban J connectivity index is 2.46. The van der Waals surface area contributed by atoms with Crippen LogP contribution in [0.25, 0.3) is 11.3 Å². The summed E-state index contributed by atoms with van der Waals surface area (Å²) in [4.78, 5) is 17.2. The molecule has 0 saturated carbocycles. The standard InChI is InChI=1S/C15H19N3OS/c1-4-12(19)17-15-18-13(14(20-15)9(2)3)10-7-5-6-8-11(10)16/h5-9H,4,16H2,1-3H3,(H,17,18,19). The number of carbonyl (C=O) groups is 1. The van der Waals surface area contributed by atoms with E-state index in [0.29, 0.717) is 23.2 Å². The van der Waals surface area contributed by atoms with Gasteiger partial charge < -0.3 is 11.1 Å². The number of hydrogen-bond acceptors (Lipinski definition) is 4. The van der Waals surface area contributed by atoms with E-state index in [2.05, 4.69) is 24.1 Å². The molecule has 1 aromatic carbocycles. The number of nitrogens with two attached hydrogens (primary N) is 1. The molecule has 5 heteroatoms. The van der Waals surface area contributed by atoms with E-state index in [9.17, 15) is 4.79 Å². The number of nitrogens with zero attached hydrogens (tertiary/aromatic N) is 1. The van der Waals surface area contributed by atoms with E-state index < -0.39 is 0 Å². The van der Waals surface area contributed by atoms with Gasteiger partial charge in [0.05, 0.1) is 5.69 Å². The third-order valence-corrected chi connectivity index (χ3v) is 4.23. The number of thiazole rings is 1. The number of para-hydroxylation sites is 1. The van der Waals surface area contributed by atoms with Crippen molar-refractivity contribution in [3.63, 3.8) is 0 Å². The van der Waals surface area contributed by atoms with Gasteiger partial charge >= 0.3 is 0 Å². The van der Waals surface area contributed by atoms with E-state index in [1.54, 1.807) is 0 Å². The molecule has 106 valence electrons. The second-order valence-corrected chi connectivity index (χ2v) is 5.91. The lowest BCUT2D eigenvalue weighted by atomic mass is 10.0. The van der Waals surface area contributed by atoms with Crippen molar-refractivity contribution in [1.29, 1.82) is 0 Å². The van der Waals surface area contributed by atoms with E-state index in [1.165, 1.54) is 11.3 Å². The molecule has 1 aromatic heterocycles. The molecule has 0 fully saturated rings. The van der Waals surface area contributed by atoms with Crippen molar-refractivity contribution < 1.29 is 4.79 Å². The summed E-state index contributed by atoms with van der Waals surface area (Å²) in [6, 6.07) is 7.67. The molecule has 0 bridgehead atoms. The van der Waals surface area contributed by atoms with E-state index in [0.717, 1.165) is 16.1 Å². The van der Waals surface area contributed by atoms with Gasteiger partial charge in [-0.2, -0.15) is 0 Å². The fourth-order valence-electron chi connectivity index (χ4n) is 1.89. The van der Waals surface area contributed by atoms with Gasteiger partial charge in [0.15, 0.2) is 5.13 Å². The Morgan fingerprint density at radius 2 is 2.10 bits per heavy atom. The molecule has 4 nitrogen and oxygen atoms in total. The summed E-state index contributed by atoms with van der Waals surface area (Å²) in [5.74, 6) is 0.302. The Labute approximate surface area is 123 Å². The van der Waals surface area contributed by atoms with Crippen LogP contribution in [0.15, 0.2) is 24.3 Å². The maximum atomic E-state index is 11.5. The molecule has 0 unspecified atom stereocenters. The minimum absolute atomic E-state index is 0.0263. The molecule has 2 aromatic rings. The van der Waals surface area contributed by atoms with Gasteiger partial charge in [-0.05, 0) is 12.0 Å². The van der Waals surface area contributed by atoms with Crippen LogP contribution >= 0.6 is 11.3 Å². The van der Waals surface area contributed by atoms with E-state index >= 15 is 0 Å². The van der Waals surface area contributed by atoms with Crippen LogP contribution in [0.1, 0.15) is 38.0 Å². The molecular weight excluding hydrogens is 270 g/mol. The molecule has 1 amide bonds. The Morgan fingerprint density at radius 3 is 2.70 bits per heavy atom. The van der Waals surface area contributed by atoms with Crippen molar-refractivity contribution in [1.82, 2.24) is 4.98 Å². The van der Waals surface area contributed by atoms with Crippen LogP contribution in [0.4, 0.5) is 10.8 Å². The highest BCUT2D eigenvalue weighted by Gasteiger charge is 2.18. The molecule has 1 heterocycles. The fourth-order valence-corrected chi connectivity index (χ4v) is 2.89. The number of hydrogen-bond donors (Lipinski definition) is 2. The third-order valence-electron chi connectivity index (χ3n) is 2.96. The zero-order valence-corrected chi connectivity index (χ0v) is 12.8. The van der Waals surface area contributed by atoms with Crippen molar-refractivity contribution in [2.75, 3.05) is 11.1 Å². The highest BCUT2D eigenvalue weighted by molar-refractivity contribution is 7.16. The summed E-state index contributed by atoms with van der Waals surface area (Å²) in [6.45, 7) is 6.05. The molecule has 0 aliphatic rings. The normalized spacial score (nSPS) is 10.8. The highest BCUT2D eigenvalue weighted by Crippen LogP contribution is 2.38. The quantitative estimate of drug-likeness (QED) is 0.840. The number of anilines is 2. The number of benzene rings is 1. The summed E-state index contributed by atoms with van der Waals surface area (Å²) >= 11 is 1.52. The Hall–Kier alpha value is -1.88. The Bertz CT molecular complexity index is 619. The minimum atomic E-state index is -0.0263. The Morgan fingerprint density at radius 1 is 1.40 bits per heavy atom. The summed E-state index contributed by atoms with van der Waals surface area (Å²) in [7, 11) is 0. The van der Waals surface area contributed by atoms with Gasteiger partial charge in [-0.25, -0.2) is 4.98 Å². The van der Waals surface area contributed by atoms with Gasteiger partial charge in [0.1, 0.15) is 0 Å². The molecule has 0 saturated heterocycles. The van der Waals surface area contributed by atoms with Gasteiger partial charge in [-0.3, -0.25) is 4.79 Å². The third kappa shape index (κ3) is 2.99. The Kier molecular flexibility index (Phi) is 4.39. The number of carbonyl (C=O) groups excluding carboxylic acids is 1. The second kappa shape index (κ2) is 6.05. The molecule has 2 rings (SSSR count). The summed E-state index contributed by atoms with van der Waals surface area (Å²) in [5, 5.41) is 3.46. The molecule has 0 atom stereocenters. The zero-order valence-electron chi connectivity index (χ0n) is 11.9. The minimum Gasteiger partial charge on any atom is -0.398 e. The van der Waals surface area contributed by atoms with Crippen LogP contribution in [-0.4, -0.2) is 10.9 Å². The van der Waals surface area contributed by atoms with Crippen molar-refractivity contribution in [2.24, 2.45) is 0 Å². The first kappa shape index (κ1) is 14.5. The van der Waals surface area contributed by atoms with Crippen LogP contribution in [0, 0.1) is 0 Å². The predicted molar refractivity (Wildman–Crippen MR) is 85.0 cm³/mol. The van der Waals surface area contributed by atoms with E-state index in [1.807, 2.05) is 31.2 Å². The fraction of sp³-hybridized carbons (Fsp3) is 0.333. The average molecular weight is 289 g/mol. The zero-order chi connectivity index (χ0) is 14.7. The van der Waals surface area contributed by atoms with Crippen LogP contribution < -0.4 is 11.1 Å². The largest absolute Gasteiger partial charge is 0.398 e. The first-order valence-electron chi connectivity index (χ1n) is 6.68. The van der Waals surface area contributed by atoms with Crippen molar-refractivity contribution >= 4 is 28.1 Å². The van der Waals surface area contributed by atoms with Crippen LogP contribution in [0.5, 0.6) is 0 Å². The first-order chi connectivity index (χ1) is 9.52. The lowest BCUT2D eigenvalue weighted by Crippen LogP contribution is -2.08.